The number of nitrogens with zero attached hydrogens (tertiary/aromatic N) is 2. The van der Waals surface area contributed by atoms with Crippen LogP contribution in [0.1, 0.15) is 35.4 Å². The third kappa shape index (κ3) is 2.70. The smallest absolute Gasteiger partial charge is 0.264 e. The molecule has 1 aromatic heterocycles. The molecule has 0 saturated carbocycles. The largest absolute Gasteiger partial charge is 0.381 e. The van der Waals surface area contributed by atoms with E-state index in [2.05, 4.69) is 9.80 Å². The zero-order valence-corrected chi connectivity index (χ0v) is 13.8. The minimum absolute atomic E-state index is 0.246. The molecular formula is C17H24N2O2S. The standard InChI is InChI=1S/C17H24N2O2S/c20-17(16-2-1-11-22-16)19-8-4-14-15(19)3-7-18(14)12-13-5-9-21-10-6-13/h1-2,11,13-15H,3-10,12H2/t14-,15-/m0/s1. The van der Waals surface area contributed by atoms with Crippen LogP contribution in [-0.4, -0.2) is 60.6 Å². The van der Waals surface area contributed by atoms with Crippen LogP contribution in [0.5, 0.6) is 0 Å². The topological polar surface area (TPSA) is 32.8 Å². The molecule has 4 nitrogen and oxygen atoms in total. The van der Waals surface area contributed by atoms with Crippen molar-refractivity contribution in [3.05, 3.63) is 22.4 Å². The summed E-state index contributed by atoms with van der Waals surface area (Å²) >= 11 is 1.56. The molecule has 3 aliphatic rings. The molecular weight excluding hydrogens is 296 g/mol. The fraction of sp³-hybridized carbons (Fsp3) is 0.706. The molecule has 2 atom stereocenters. The number of rotatable bonds is 3. The van der Waals surface area contributed by atoms with Crippen LogP contribution in [0.15, 0.2) is 17.5 Å². The van der Waals surface area contributed by atoms with Crippen molar-refractivity contribution in [3.63, 3.8) is 0 Å². The third-order valence-corrected chi connectivity index (χ3v) is 6.38. The van der Waals surface area contributed by atoms with Gasteiger partial charge in [0.1, 0.15) is 0 Å². The summed E-state index contributed by atoms with van der Waals surface area (Å²) in [5.41, 5.74) is 0. The molecule has 0 radical (unpaired) electrons. The number of carbonyl (C=O) groups excluding carboxylic acids is 1. The molecule has 120 valence electrons. The molecule has 0 aliphatic carbocycles. The van der Waals surface area contributed by atoms with Gasteiger partial charge in [0, 0.05) is 44.9 Å². The van der Waals surface area contributed by atoms with E-state index in [0.717, 1.165) is 49.9 Å². The summed E-state index contributed by atoms with van der Waals surface area (Å²) in [5, 5.41) is 1.99. The van der Waals surface area contributed by atoms with Gasteiger partial charge >= 0.3 is 0 Å². The van der Waals surface area contributed by atoms with Gasteiger partial charge in [0.05, 0.1) is 4.88 Å². The summed E-state index contributed by atoms with van der Waals surface area (Å²) in [4.78, 5) is 18.3. The van der Waals surface area contributed by atoms with Crippen molar-refractivity contribution >= 4 is 17.2 Å². The van der Waals surface area contributed by atoms with E-state index in [1.807, 2.05) is 17.5 Å². The van der Waals surface area contributed by atoms with E-state index >= 15 is 0 Å². The minimum Gasteiger partial charge on any atom is -0.381 e. The van der Waals surface area contributed by atoms with Gasteiger partial charge in [-0.25, -0.2) is 0 Å². The van der Waals surface area contributed by atoms with Gasteiger partial charge < -0.3 is 9.64 Å². The summed E-state index contributed by atoms with van der Waals surface area (Å²) in [6.45, 7) is 5.13. The highest BCUT2D eigenvalue weighted by atomic mass is 32.1. The highest BCUT2D eigenvalue weighted by molar-refractivity contribution is 7.12. The molecule has 0 spiro atoms. The maximum atomic E-state index is 12.6. The lowest BCUT2D eigenvalue weighted by Gasteiger charge is -2.30. The van der Waals surface area contributed by atoms with Crippen molar-refractivity contribution in [3.8, 4) is 0 Å². The van der Waals surface area contributed by atoms with Crippen molar-refractivity contribution in [2.24, 2.45) is 5.92 Å². The van der Waals surface area contributed by atoms with Crippen LogP contribution in [0.3, 0.4) is 0 Å². The van der Waals surface area contributed by atoms with Gasteiger partial charge in [-0.15, -0.1) is 11.3 Å². The quantitative estimate of drug-likeness (QED) is 0.858. The number of hydrogen-bond acceptors (Lipinski definition) is 4. The predicted molar refractivity (Wildman–Crippen MR) is 87.3 cm³/mol. The van der Waals surface area contributed by atoms with Crippen LogP contribution >= 0.6 is 11.3 Å². The first kappa shape index (κ1) is 14.7. The van der Waals surface area contributed by atoms with Crippen LogP contribution in [-0.2, 0) is 4.74 Å². The molecule has 3 fully saturated rings. The molecule has 0 unspecified atom stereocenters. The van der Waals surface area contributed by atoms with Crippen LogP contribution in [0.2, 0.25) is 0 Å². The normalized spacial score (nSPS) is 29.9. The minimum atomic E-state index is 0.246. The van der Waals surface area contributed by atoms with Gasteiger partial charge in [0.15, 0.2) is 0 Å². The van der Waals surface area contributed by atoms with E-state index in [-0.39, 0.29) is 5.91 Å². The molecule has 3 aliphatic heterocycles. The Labute approximate surface area is 136 Å². The van der Waals surface area contributed by atoms with Gasteiger partial charge in [-0.3, -0.25) is 9.69 Å². The number of ether oxygens (including phenoxy) is 1. The van der Waals surface area contributed by atoms with Crippen molar-refractivity contribution in [2.75, 3.05) is 32.8 Å². The van der Waals surface area contributed by atoms with E-state index in [4.69, 9.17) is 4.74 Å². The summed E-state index contributed by atoms with van der Waals surface area (Å²) in [5.74, 6) is 1.03. The lowest BCUT2D eigenvalue weighted by Crippen LogP contribution is -2.41. The van der Waals surface area contributed by atoms with Crippen LogP contribution in [0.25, 0.3) is 0 Å². The first-order valence-electron chi connectivity index (χ1n) is 8.49. The number of thiophene rings is 1. The molecule has 0 aromatic carbocycles. The molecule has 0 bridgehead atoms. The van der Waals surface area contributed by atoms with Gasteiger partial charge in [-0.2, -0.15) is 0 Å². The molecule has 3 saturated heterocycles. The molecule has 5 heteroatoms. The van der Waals surface area contributed by atoms with Crippen LogP contribution in [0, 0.1) is 5.92 Å². The first-order valence-corrected chi connectivity index (χ1v) is 9.37. The summed E-state index contributed by atoms with van der Waals surface area (Å²) < 4.78 is 5.47. The average Bonchev–Trinajstić information content (AvgIpc) is 3.26. The van der Waals surface area contributed by atoms with Crippen molar-refractivity contribution in [2.45, 2.75) is 37.8 Å². The monoisotopic (exact) mass is 320 g/mol. The molecule has 22 heavy (non-hydrogen) atoms. The summed E-state index contributed by atoms with van der Waals surface area (Å²) in [6.07, 6.45) is 4.69. The molecule has 4 rings (SSSR count). The Hall–Kier alpha value is -0.910. The van der Waals surface area contributed by atoms with Gasteiger partial charge in [-0.1, -0.05) is 6.07 Å². The number of likely N-dealkylation sites (tertiary alicyclic amines) is 2. The third-order valence-electron chi connectivity index (χ3n) is 5.52. The van der Waals surface area contributed by atoms with Crippen molar-refractivity contribution < 1.29 is 9.53 Å². The molecule has 0 N–H and O–H groups in total. The second-order valence-corrected chi connectivity index (χ2v) is 7.69. The fourth-order valence-electron chi connectivity index (χ4n) is 4.36. The number of carbonyl (C=O) groups is 1. The maximum absolute atomic E-state index is 12.6. The SMILES string of the molecule is O=C(c1cccs1)N1CC[C@H]2[C@@H]1CCN2CC1CCOCC1. The Morgan fingerprint density at radius 1 is 1.18 bits per heavy atom. The average molecular weight is 320 g/mol. The second-order valence-electron chi connectivity index (χ2n) is 6.74. The summed E-state index contributed by atoms with van der Waals surface area (Å²) in [7, 11) is 0. The highest BCUT2D eigenvalue weighted by Crippen LogP contribution is 2.34. The molecule has 4 heterocycles. The fourth-order valence-corrected chi connectivity index (χ4v) is 5.04. The molecule has 1 amide bonds. The lowest BCUT2D eigenvalue weighted by atomic mass is 9.99. The van der Waals surface area contributed by atoms with Crippen molar-refractivity contribution in [1.29, 1.82) is 0 Å². The molecule has 1 aromatic rings. The Morgan fingerprint density at radius 2 is 2.00 bits per heavy atom. The maximum Gasteiger partial charge on any atom is 0.264 e. The van der Waals surface area contributed by atoms with Crippen LogP contribution < -0.4 is 0 Å². The van der Waals surface area contributed by atoms with E-state index in [0.29, 0.717) is 12.1 Å². The first-order chi connectivity index (χ1) is 10.8. The van der Waals surface area contributed by atoms with E-state index in [1.165, 1.54) is 19.4 Å². The zero-order valence-electron chi connectivity index (χ0n) is 12.9. The Morgan fingerprint density at radius 3 is 2.77 bits per heavy atom. The Balaban J connectivity index is 1.39. The van der Waals surface area contributed by atoms with Crippen molar-refractivity contribution in [1.82, 2.24) is 9.80 Å². The second kappa shape index (κ2) is 6.30. The number of amides is 1. The van der Waals surface area contributed by atoms with E-state index in [9.17, 15) is 4.79 Å². The Bertz CT molecular complexity index is 513. The lowest BCUT2D eigenvalue weighted by molar-refractivity contribution is 0.0502. The number of hydrogen-bond donors (Lipinski definition) is 0. The van der Waals surface area contributed by atoms with Gasteiger partial charge in [0.25, 0.3) is 5.91 Å². The highest BCUT2D eigenvalue weighted by Gasteiger charge is 2.44. The van der Waals surface area contributed by atoms with Gasteiger partial charge in [-0.05, 0) is 43.0 Å². The van der Waals surface area contributed by atoms with E-state index < -0.39 is 0 Å². The van der Waals surface area contributed by atoms with E-state index in [1.54, 1.807) is 11.3 Å². The predicted octanol–water partition coefficient (Wildman–Crippen LogP) is 2.46. The Kier molecular flexibility index (Phi) is 4.20. The summed E-state index contributed by atoms with van der Waals surface area (Å²) in [6, 6.07) is 4.95. The zero-order chi connectivity index (χ0) is 14.9. The number of fused-ring (bicyclic) bond motifs is 1. The van der Waals surface area contributed by atoms with Crippen LogP contribution in [0.4, 0.5) is 0 Å². The van der Waals surface area contributed by atoms with Gasteiger partial charge in [0.2, 0.25) is 0 Å².